The topological polar surface area (TPSA) is 98.7 Å². The summed E-state index contributed by atoms with van der Waals surface area (Å²) in [7, 11) is 0. The van der Waals surface area contributed by atoms with Crippen LogP contribution in [0.4, 0.5) is 20.2 Å². The predicted octanol–water partition coefficient (Wildman–Crippen LogP) is 1.63. The van der Waals surface area contributed by atoms with Gasteiger partial charge >= 0.3 is 0 Å². The Morgan fingerprint density at radius 2 is 2.00 bits per heavy atom. The number of amides is 3. The van der Waals surface area contributed by atoms with Crippen molar-refractivity contribution in [1.82, 2.24) is 5.32 Å². The van der Waals surface area contributed by atoms with Gasteiger partial charge in [0, 0.05) is 42.9 Å². The lowest BCUT2D eigenvalue weighted by Gasteiger charge is -2.24. The molecule has 0 spiro atoms. The van der Waals surface area contributed by atoms with E-state index in [2.05, 4.69) is 10.6 Å². The SMILES string of the molecule is O=C1CCc2cc(N3CC[C@](O)(C(=O)NCc4cccc(F)c4F)C3=O)ccc2N1. The summed E-state index contributed by atoms with van der Waals surface area (Å²) in [5.41, 5.74) is -0.345. The van der Waals surface area contributed by atoms with E-state index in [4.69, 9.17) is 0 Å². The minimum Gasteiger partial charge on any atom is -0.372 e. The summed E-state index contributed by atoms with van der Waals surface area (Å²) in [6.07, 6.45) is 0.728. The third kappa shape index (κ3) is 3.41. The average molecular weight is 415 g/mol. The van der Waals surface area contributed by atoms with Crippen LogP contribution in [0.25, 0.3) is 0 Å². The van der Waals surface area contributed by atoms with Gasteiger partial charge in [-0.05, 0) is 36.2 Å². The van der Waals surface area contributed by atoms with Crippen LogP contribution in [0.2, 0.25) is 0 Å². The van der Waals surface area contributed by atoms with Gasteiger partial charge in [-0.3, -0.25) is 14.4 Å². The molecular formula is C21H19F2N3O4. The van der Waals surface area contributed by atoms with Crippen molar-refractivity contribution in [2.45, 2.75) is 31.4 Å². The molecule has 2 aromatic rings. The molecule has 0 unspecified atom stereocenters. The lowest BCUT2D eigenvalue weighted by molar-refractivity contribution is -0.149. The number of benzene rings is 2. The molecule has 9 heteroatoms. The fourth-order valence-corrected chi connectivity index (χ4v) is 3.71. The maximum atomic E-state index is 13.8. The number of halogens is 2. The second-order valence-corrected chi connectivity index (χ2v) is 7.35. The monoisotopic (exact) mass is 415 g/mol. The molecule has 2 aromatic carbocycles. The van der Waals surface area contributed by atoms with Crippen molar-refractivity contribution in [2.75, 3.05) is 16.8 Å². The summed E-state index contributed by atoms with van der Waals surface area (Å²) in [5.74, 6) is -3.98. The Hall–Kier alpha value is -3.33. The van der Waals surface area contributed by atoms with Crippen molar-refractivity contribution in [2.24, 2.45) is 0 Å². The summed E-state index contributed by atoms with van der Waals surface area (Å²) in [5, 5.41) is 15.8. The summed E-state index contributed by atoms with van der Waals surface area (Å²) in [6, 6.07) is 8.62. The highest BCUT2D eigenvalue weighted by atomic mass is 19.2. The first-order chi connectivity index (χ1) is 14.3. The van der Waals surface area contributed by atoms with Crippen molar-refractivity contribution in [3.8, 4) is 0 Å². The van der Waals surface area contributed by atoms with Gasteiger partial charge in [0.1, 0.15) is 0 Å². The molecule has 1 atom stereocenters. The quantitative estimate of drug-likeness (QED) is 0.661. The highest BCUT2D eigenvalue weighted by molar-refractivity contribution is 6.16. The van der Waals surface area contributed by atoms with Gasteiger partial charge < -0.3 is 20.6 Å². The lowest BCUT2D eigenvalue weighted by Crippen LogP contribution is -2.52. The molecule has 2 aliphatic heterocycles. The van der Waals surface area contributed by atoms with Crippen molar-refractivity contribution >= 4 is 29.1 Å². The van der Waals surface area contributed by atoms with Crippen molar-refractivity contribution < 1.29 is 28.3 Å². The molecule has 0 bridgehead atoms. The first-order valence-corrected chi connectivity index (χ1v) is 9.48. The molecule has 30 heavy (non-hydrogen) atoms. The van der Waals surface area contributed by atoms with Gasteiger partial charge in [0.05, 0.1) is 0 Å². The third-order valence-corrected chi connectivity index (χ3v) is 5.44. The largest absolute Gasteiger partial charge is 0.372 e. The Labute approximate surface area is 170 Å². The number of carbonyl (C=O) groups is 3. The molecule has 4 rings (SSSR count). The maximum Gasteiger partial charge on any atom is 0.268 e. The second kappa shape index (κ2) is 7.49. The molecule has 0 saturated carbocycles. The van der Waals surface area contributed by atoms with E-state index < -0.39 is 29.0 Å². The first kappa shape index (κ1) is 20.0. The number of hydrogen-bond donors (Lipinski definition) is 3. The minimum absolute atomic E-state index is 0.0757. The van der Waals surface area contributed by atoms with Crippen molar-refractivity contribution in [1.29, 1.82) is 0 Å². The first-order valence-electron chi connectivity index (χ1n) is 9.48. The van der Waals surface area contributed by atoms with Crippen LogP contribution in [0.3, 0.4) is 0 Å². The van der Waals surface area contributed by atoms with Crippen LogP contribution in [0.15, 0.2) is 36.4 Å². The molecule has 156 valence electrons. The molecule has 0 radical (unpaired) electrons. The second-order valence-electron chi connectivity index (χ2n) is 7.35. The van der Waals surface area contributed by atoms with E-state index in [0.29, 0.717) is 24.2 Å². The molecule has 1 saturated heterocycles. The summed E-state index contributed by atoms with van der Waals surface area (Å²) in [4.78, 5) is 38.1. The zero-order valence-electron chi connectivity index (χ0n) is 15.9. The predicted molar refractivity (Wildman–Crippen MR) is 104 cm³/mol. The summed E-state index contributed by atoms with van der Waals surface area (Å²) in [6.45, 7) is -0.251. The van der Waals surface area contributed by atoms with E-state index in [1.165, 1.54) is 17.0 Å². The van der Waals surface area contributed by atoms with Gasteiger partial charge in [-0.2, -0.15) is 0 Å². The smallest absolute Gasteiger partial charge is 0.268 e. The number of carbonyl (C=O) groups excluding carboxylic acids is 3. The van der Waals surface area contributed by atoms with Crippen LogP contribution in [-0.4, -0.2) is 35.0 Å². The van der Waals surface area contributed by atoms with Crippen LogP contribution in [0, 0.1) is 11.6 Å². The molecule has 2 aliphatic rings. The van der Waals surface area contributed by atoms with Gasteiger partial charge in [-0.25, -0.2) is 8.78 Å². The number of rotatable bonds is 4. The van der Waals surface area contributed by atoms with E-state index >= 15 is 0 Å². The van der Waals surface area contributed by atoms with Crippen LogP contribution < -0.4 is 15.5 Å². The highest BCUT2D eigenvalue weighted by Crippen LogP contribution is 2.32. The van der Waals surface area contributed by atoms with E-state index in [1.54, 1.807) is 18.2 Å². The van der Waals surface area contributed by atoms with Crippen LogP contribution in [0.5, 0.6) is 0 Å². The molecule has 1 fully saturated rings. The number of nitrogens with one attached hydrogen (secondary N) is 2. The van der Waals surface area contributed by atoms with Gasteiger partial charge in [0.15, 0.2) is 11.6 Å². The number of nitrogens with zero attached hydrogens (tertiary/aromatic N) is 1. The fourth-order valence-electron chi connectivity index (χ4n) is 3.71. The molecular weight excluding hydrogens is 396 g/mol. The summed E-state index contributed by atoms with van der Waals surface area (Å²) < 4.78 is 27.1. The third-order valence-electron chi connectivity index (χ3n) is 5.44. The molecule has 3 N–H and O–H groups in total. The fraction of sp³-hybridized carbons (Fsp3) is 0.286. The number of aryl methyl sites for hydroxylation is 1. The standard InChI is InChI=1S/C21H19F2N3O4/c22-15-3-1-2-13(18(15)23)11-24-19(28)21(30)8-9-26(20(21)29)14-5-6-16-12(10-14)4-7-17(27)25-16/h1-3,5-6,10,30H,4,7-9,11H2,(H,24,28)(H,25,27)/t21-/m0/s1. The Morgan fingerprint density at radius 1 is 1.20 bits per heavy atom. The highest BCUT2D eigenvalue weighted by Gasteiger charge is 2.51. The molecule has 0 aromatic heterocycles. The van der Waals surface area contributed by atoms with Crippen molar-refractivity contribution in [3.63, 3.8) is 0 Å². The van der Waals surface area contributed by atoms with Crippen LogP contribution in [-0.2, 0) is 27.3 Å². The van der Waals surface area contributed by atoms with Gasteiger partial charge in [0.2, 0.25) is 11.5 Å². The van der Waals surface area contributed by atoms with E-state index in [0.717, 1.165) is 11.6 Å². The summed E-state index contributed by atoms with van der Waals surface area (Å²) >= 11 is 0. The molecule has 2 heterocycles. The molecule has 0 aliphatic carbocycles. The van der Waals surface area contributed by atoms with Crippen molar-refractivity contribution in [3.05, 3.63) is 59.2 Å². The van der Waals surface area contributed by atoms with E-state index in [1.807, 2.05) is 0 Å². The zero-order chi connectivity index (χ0) is 21.5. The molecule has 3 amide bonds. The van der Waals surface area contributed by atoms with Crippen LogP contribution in [0.1, 0.15) is 24.0 Å². The number of aliphatic hydroxyl groups is 1. The van der Waals surface area contributed by atoms with E-state index in [-0.39, 0.29) is 31.0 Å². The Balaban J connectivity index is 1.48. The minimum atomic E-state index is -2.30. The van der Waals surface area contributed by atoms with Gasteiger partial charge in [-0.15, -0.1) is 0 Å². The lowest BCUT2D eigenvalue weighted by atomic mass is 10.0. The normalized spacial score (nSPS) is 20.7. The maximum absolute atomic E-state index is 13.8. The number of anilines is 2. The van der Waals surface area contributed by atoms with Gasteiger partial charge in [-0.1, -0.05) is 12.1 Å². The van der Waals surface area contributed by atoms with Gasteiger partial charge in [0.25, 0.3) is 11.8 Å². The van der Waals surface area contributed by atoms with Crippen LogP contribution >= 0.6 is 0 Å². The van der Waals surface area contributed by atoms with E-state index in [9.17, 15) is 28.3 Å². The number of hydrogen-bond acceptors (Lipinski definition) is 4. The average Bonchev–Trinajstić information content (AvgIpc) is 3.04. The Morgan fingerprint density at radius 3 is 2.80 bits per heavy atom. The zero-order valence-corrected chi connectivity index (χ0v) is 15.9. The molecule has 7 nitrogen and oxygen atoms in total. The number of fused-ring (bicyclic) bond motifs is 1. The Bertz CT molecular complexity index is 1060. The Kier molecular flexibility index (Phi) is 4.98.